The fraction of sp³-hybridized carbons (Fsp3) is 0.381. The number of hydrogen-bond acceptors (Lipinski definition) is 4. The van der Waals surface area contributed by atoms with Gasteiger partial charge in [0.25, 0.3) is 0 Å². The fourth-order valence-electron chi connectivity index (χ4n) is 3.32. The molecule has 3 rings (SSSR count). The SMILES string of the molecule is CC(Cc1ccccc1)(Cc1ccccc1)OC(=O)C1CNCCN1. The molecule has 2 N–H and O–H groups in total. The van der Waals surface area contributed by atoms with Gasteiger partial charge in [0.15, 0.2) is 0 Å². The lowest BCUT2D eigenvalue weighted by molar-refractivity contribution is -0.160. The first-order valence-electron chi connectivity index (χ1n) is 8.89. The lowest BCUT2D eigenvalue weighted by atomic mass is 9.89. The van der Waals surface area contributed by atoms with Crippen molar-refractivity contribution in [2.45, 2.75) is 31.4 Å². The van der Waals surface area contributed by atoms with Crippen LogP contribution in [0.25, 0.3) is 0 Å². The summed E-state index contributed by atoms with van der Waals surface area (Å²) in [4.78, 5) is 12.7. The van der Waals surface area contributed by atoms with Gasteiger partial charge >= 0.3 is 5.97 Å². The monoisotopic (exact) mass is 338 g/mol. The zero-order valence-corrected chi connectivity index (χ0v) is 14.7. The maximum atomic E-state index is 12.7. The molecule has 0 bridgehead atoms. The Morgan fingerprint density at radius 1 is 1.00 bits per heavy atom. The van der Waals surface area contributed by atoms with Crippen LogP contribution >= 0.6 is 0 Å². The van der Waals surface area contributed by atoms with Gasteiger partial charge in [-0.25, -0.2) is 0 Å². The topological polar surface area (TPSA) is 50.4 Å². The molecular formula is C21H26N2O2. The fourth-order valence-corrected chi connectivity index (χ4v) is 3.32. The van der Waals surface area contributed by atoms with Crippen LogP contribution in [0.2, 0.25) is 0 Å². The molecule has 0 amide bonds. The third-order valence-electron chi connectivity index (χ3n) is 4.51. The second-order valence-corrected chi connectivity index (χ2v) is 6.91. The number of esters is 1. The molecule has 0 aliphatic carbocycles. The van der Waals surface area contributed by atoms with Crippen molar-refractivity contribution in [1.82, 2.24) is 10.6 Å². The van der Waals surface area contributed by atoms with Gasteiger partial charge in [0.2, 0.25) is 0 Å². The van der Waals surface area contributed by atoms with Crippen molar-refractivity contribution in [3.05, 3.63) is 71.8 Å². The molecule has 2 aromatic rings. The van der Waals surface area contributed by atoms with Gasteiger partial charge in [0.05, 0.1) is 0 Å². The van der Waals surface area contributed by atoms with Crippen molar-refractivity contribution in [2.24, 2.45) is 0 Å². The number of nitrogens with one attached hydrogen (secondary N) is 2. The minimum atomic E-state index is -0.584. The first kappa shape index (κ1) is 17.6. The third kappa shape index (κ3) is 5.15. The zero-order valence-electron chi connectivity index (χ0n) is 14.7. The van der Waals surface area contributed by atoms with Crippen LogP contribution in [0.3, 0.4) is 0 Å². The van der Waals surface area contributed by atoms with E-state index in [1.54, 1.807) is 0 Å². The molecule has 1 fully saturated rings. The highest BCUT2D eigenvalue weighted by Gasteiger charge is 2.33. The van der Waals surface area contributed by atoms with E-state index in [0.29, 0.717) is 19.4 Å². The molecule has 0 radical (unpaired) electrons. The molecular weight excluding hydrogens is 312 g/mol. The molecule has 1 unspecified atom stereocenters. The number of rotatable bonds is 6. The first-order valence-corrected chi connectivity index (χ1v) is 8.89. The predicted octanol–water partition coefficient (Wildman–Crippen LogP) is 2.34. The van der Waals surface area contributed by atoms with E-state index in [9.17, 15) is 4.79 Å². The summed E-state index contributed by atoms with van der Waals surface area (Å²) >= 11 is 0. The second-order valence-electron chi connectivity index (χ2n) is 6.91. The third-order valence-corrected chi connectivity index (χ3v) is 4.51. The second kappa shape index (κ2) is 8.28. The lowest BCUT2D eigenvalue weighted by Gasteiger charge is -2.33. The number of benzene rings is 2. The summed E-state index contributed by atoms with van der Waals surface area (Å²) in [5.41, 5.74) is 1.76. The highest BCUT2D eigenvalue weighted by Crippen LogP contribution is 2.24. The van der Waals surface area contributed by atoms with E-state index in [1.165, 1.54) is 11.1 Å². The van der Waals surface area contributed by atoms with Crippen LogP contribution in [0.5, 0.6) is 0 Å². The molecule has 1 aliphatic rings. The Bertz CT molecular complexity index is 625. The maximum Gasteiger partial charge on any atom is 0.325 e. The van der Waals surface area contributed by atoms with E-state index in [2.05, 4.69) is 34.9 Å². The van der Waals surface area contributed by atoms with E-state index in [4.69, 9.17) is 4.74 Å². The van der Waals surface area contributed by atoms with Gasteiger partial charge < -0.3 is 15.4 Å². The normalized spacial score (nSPS) is 17.9. The summed E-state index contributed by atoms with van der Waals surface area (Å²) in [6.45, 7) is 4.32. The van der Waals surface area contributed by atoms with Gasteiger partial charge in [-0.05, 0) is 18.1 Å². The summed E-state index contributed by atoms with van der Waals surface area (Å²) in [5, 5.41) is 6.47. The van der Waals surface area contributed by atoms with Gasteiger partial charge in [0.1, 0.15) is 11.6 Å². The Morgan fingerprint density at radius 2 is 1.56 bits per heavy atom. The van der Waals surface area contributed by atoms with E-state index >= 15 is 0 Å². The van der Waals surface area contributed by atoms with E-state index in [1.807, 2.05) is 43.3 Å². The highest BCUT2D eigenvalue weighted by atomic mass is 16.6. The Kier molecular flexibility index (Phi) is 5.84. The van der Waals surface area contributed by atoms with Crippen molar-refractivity contribution in [2.75, 3.05) is 19.6 Å². The molecule has 2 aromatic carbocycles. The molecule has 0 spiro atoms. The average Bonchev–Trinajstić information content (AvgIpc) is 2.64. The Balaban J connectivity index is 1.76. The maximum absolute atomic E-state index is 12.7. The Labute approximate surface area is 149 Å². The lowest BCUT2D eigenvalue weighted by Crippen LogP contribution is -2.54. The van der Waals surface area contributed by atoms with E-state index < -0.39 is 5.60 Å². The minimum Gasteiger partial charge on any atom is -0.457 e. The van der Waals surface area contributed by atoms with Crippen LogP contribution in [0.1, 0.15) is 18.1 Å². The Hall–Kier alpha value is -2.17. The zero-order chi connectivity index (χ0) is 17.5. The van der Waals surface area contributed by atoms with Crippen molar-refractivity contribution in [3.63, 3.8) is 0 Å². The summed E-state index contributed by atoms with van der Waals surface area (Å²) < 4.78 is 6.04. The predicted molar refractivity (Wildman–Crippen MR) is 99.4 cm³/mol. The van der Waals surface area contributed by atoms with Crippen LogP contribution in [0.4, 0.5) is 0 Å². The molecule has 132 valence electrons. The van der Waals surface area contributed by atoms with Crippen LogP contribution in [0, 0.1) is 0 Å². The van der Waals surface area contributed by atoms with Crippen LogP contribution in [-0.2, 0) is 22.4 Å². The number of piperazine rings is 1. The number of carbonyl (C=O) groups excluding carboxylic acids is 1. The average molecular weight is 338 g/mol. The van der Waals surface area contributed by atoms with E-state index in [0.717, 1.165) is 13.1 Å². The van der Waals surface area contributed by atoms with Gasteiger partial charge in [0, 0.05) is 32.5 Å². The van der Waals surface area contributed by atoms with Gasteiger partial charge in [-0.15, -0.1) is 0 Å². The van der Waals surface area contributed by atoms with Crippen molar-refractivity contribution in [1.29, 1.82) is 0 Å². The smallest absolute Gasteiger partial charge is 0.325 e. The molecule has 4 nitrogen and oxygen atoms in total. The van der Waals surface area contributed by atoms with Gasteiger partial charge in [-0.2, -0.15) is 0 Å². The summed E-state index contributed by atoms with van der Waals surface area (Å²) in [7, 11) is 0. The highest BCUT2D eigenvalue weighted by molar-refractivity contribution is 5.76. The number of hydrogen-bond donors (Lipinski definition) is 2. The molecule has 0 saturated carbocycles. The molecule has 1 aliphatic heterocycles. The molecule has 0 aromatic heterocycles. The molecule has 1 heterocycles. The molecule has 1 saturated heterocycles. The molecule has 4 heteroatoms. The van der Waals surface area contributed by atoms with E-state index in [-0.39, 0.29) is 12.0 Å². The largest absolute Gasteiger partial charge is 0.457 e. The summed E-state index contributed by atoms with van der Waals surface area (Å²) in [6, 6.07) is 20.1. The molecule has 25 heavy (non-hydrogen) atoms. The number of ether oxygens (including phenoxy) is 1. The minimum absolute atomic E-state index is 0.179. The summed E-state index contributed by atoms with van der Waals surface area (Å²) in [6.07, 6.45) is 1.38. The Morgan fingerprint density at radius 3 is 2.04 bits per heavy atom. The van der Waals surface area contributed by atoms with Crippen molar-refractivity contribution >= 4 is 5.97 Å². The van der Waals surface area contributed by atoms with Crippen molar-refractivity contribution in [3.8, 4) is 0 Å². The quantitative estimate of drug-likeness (QED) is 0.794. The van der Waals surface area contributed by atoms with Gasteiger partial charge in [-0.1, -0.05) is 60.7 Å². The summed E-state index contributed by atoms with van der Waals surface area (Å²) in [5.74, 6) is -0.179. The first-order chi connectivity index (χ1) is 12.1. The standard InChI is InChI=1S/C21H26N2O2/c1-21(14-17-8-4-2-5-9-17,15-18-10-6-3-7-11-18)25-20(24)19-16-22-12-13-23-19/h2-11,19,22-23H,12-16H2,1H3. The molecule has 1 atom stereocenters. The number of carbonyl (C=O) groups is 1. The van der Waals surface area contributed by atoms with Gasteiger partial charge in [-0.3, -0.25) is 4.79 Å². The van der Waals surface area contributed by atoms with Crippen LogP contribution < -0.4 is 10.6 Å². The van der Waals surface area contributed by atoms with Crippen LogP contribution in [-0.4, -0.2) is 37.2 Å². The van der Waals surface area contributed by atoms with Crippen LogP contribution in [0.15, 0.2) is 60.7 Å². The van der Waals surface area contributed by atoms with Crippen molar-refractivity contribution < 1.29 is 9.53 Å².